The van der Waals surface area contributed by atoms with E-state index in [2.05, 4.69) is 53.2 Å². The third-order valence-electron chi connectivity index (χ3n) is 5.29. The molecule has 3 aromatic rings. The van der Waals surface area contributed by atoms with Crippen molar-refractivity contribution < 1.29 is 5.11 Å². The summed E-state index contributed by atoms with van der Waals surface area (Å²) in [6, 6.07) is 10.7. The summed E-state index contributed by atoms with van der Waals surface area (Å²) in [5, 5.41) is 16.2. The quantitative estimate of drug-likeness (QED) is 0.768. The van der Waals surface area contributed by atoms with Crippen LogP contribution in [0.2, 0.25) is 0 Å². The highest BCUT2D eigenvalue weighted by Gasteiger charge is 2.31. The first-order valence-corrected chi connectivity index (χ1v) is 9.36. The van der Waals surface area contributed by atoms with E-state index < -0.39 is 0 Å². The average Bonchev–Trinajstić information content (AvgIpc) is 3.23. The maximum absolute atomic E-state index is 10.6. The molecule has 0 unspecified atom stereocenters. The molecule has 0 bridgehead atoms. The molecule has 1 aromatic carbocycles. The van der Waals surface area contributed by atoms with Gasteiger partial charge in [0.15, 0.2) is 0 Å². The molecule has 0 amide bonds. The highest BCUT2D eigenvalue weighted by molar-refractivity contribution is 5.81. The minimum Gasteiger partial charge on any atom is -0.391 e. The maximum Gasteiger partial charge on any atom is 0.0710 e. The van der Waals surface area contributed by atoms with Gasteiger partial charge in [-0.1, -0.05) is 18.2 Å². The lowest BCUT2D eigenvalue weighted by atomic mass is 9.94. The standard InChI is InChI=1S/C21H26N4O/c1-15(2)25-12-16(10-23-25)11-24-13-18(21(26)14-24)9-17-7-8-22-20-6-4-3-5-19(17)20/h3-8,10,12,15,18,21,26H,9,11,13-14H2,1-2H3/t18-,21-/m1/s1. The second kappa shape index (κ2) is 7.17. The maximum atomic E-state index is 10.6. The lowest BCUT2D eigenvalue weighted by Crippen LogP contribution is -2.21. The number of β-amino-alcohol motifs (C(OH)–C–C–N with tert-alkyl or cyclic N) is 1. The first-order chi connectivity index (χ1) is 12.6. The first kappa shape index (κ1) is 17.2. The number of fused-ring (bicyclic) bond motifs is 1. The van der Waals surface area contributed by atoms with Crippen LogP contribution in [-0.2, 0) is 13.0 Å². The number of aromatic nitrogens is 3. The molecule has 0 saturated carbocycles. The molecule has 5 nitrogen and oxygen atoms in total. The van der Waals surface area contributed by atoms with E-state index in [1.165, 1.54) is 16.5 Å². The van der Waals surface area contributed by atoms with Crippen molar-refractivity contribution in [2.45, 2.75) is 39.0 Å². The summed E-state index contributed by atoms with van der Waals surface area (Å²) in [6.07, 6.45) is 6.52. The number of pyridine rings is 1. The molecule has 1 N–H and O–H groups in total. The van der Waals surface area contributed by atoms with Crippen molar-refractivity contribution in [2.24, 2.45) is 5.92 Å². The van der Waals surface area contributed by atoms with Crippen LogP contribution < -0.4 is 0 Å². The molecule has 1 aliphatic rings. The predicted octanol–water partition coefficient (Wildman–Crippen LogP) is 3.05. The predicted molar refractivity (Wildman–Crippen MR) is 103 cm³/mol. The number of likely N-dealkylation sites (tertiary alicyclic amines) is 1. The molecule has 26 heavy (non-hydrogen) atoms. The topological polar surface area (TPSA) is 54.2 Å². The van der Waals surface area contributed by atoms with E-state index in [0.717, 1.165) is 31.6 Å². The van der Waals surface area contributed by atoms with E-state index in [0.29, 0.717) is 6.04 Å². The van der Waals surface area contributed by atoms with Gasteiger partial charge in [-0.15, -0.1) is 0 Å². The Bertz CT molecular complexity index is 883. The molecule has 4 rings (SSSR count). The molecular weight excluding hydrogens is 324 g/mol. The van der Waals surface area contributed by atoms with Gasteiger partial charge in [-0.3, -0.25) is 14.6 Å². The van der Waals surface area contributed by atoms with Crippen molar-refractivity contribution in [3.8, 4) is 0 Å². The van der Waals surface area contributed by atoms with Crippen molar-refractivity contribution in [3.63, 3.8) is 0 Å². The zero-order chi connectivity index (χ0) is 18.1. The van der Waals surface area contributed by atoms with Crippen molar-refractivity contribution in [2.75, 3.05) is 13.1 Å². The van der Waals surface area contributed by atoms with Crippen LogP contribution in [0.5, 0.6) is 0 Å². The Morgan fingerprint density at radius 3 is 2.85 bits per heavy atom. The number of aliphatic hydroxyl groups is 1. The van der Waals surface area contributed by atoms with Gasteiger partial charge in [-0.05, 0) is 38.0 Å². The van der Waals surface area contributed by atoms with Crippen LogP contribution in [-0.4, -0.2) is 44.0 Å². The smallest absolute Gasteiger partial charge is 0.0710 e. The summed E-state index contributed by atoms with van der Waals surface area (Å²) < 4.78 is 1.99. The van der Waals surface area contributed by atoms with E-state index in [1.807, 2.05) is 29.2 Å². The molecule has 3 heterocycles. The Morgan fingerprint density at radius 2 is 2.04 bits per heavy atom. The van der Waals surface area contributed by atoms with Crippen LogP contribution in [0.15, 0.2) is 48.9 Å². The second-order valence-corrected chi connectivity index (χ2v) is 7.64. The first-order valence-electron chi connectivity index (χ1n) is 9.36. The summed E-state index contributed by atoms with van der Waals surface area (Å²) in [5.74, 6) is 0.251. The molecule has 1 fully saturated rings. The number of hydrogen-bond acceptors (Lipinski definition) is 4. The van der Waals surface area contributed by atoms with E-state index in [1.54, 1.807) is 0 Å². The zero-order valence-electron chi connectivity index (χ0n) is 15.4. The van der Waals surface area contributed by atoms with Crippen LogP contribution in [0, 0.1) is 5.92 Å². The van der Waals surface area contributed by atoms with Gasteiger partial charge < -0.3 is 5.11 Å². The van der Waals surface area contributed by atoms with Crippen molar-refractivity contribution in [1.29, 1.82) is 0 Å². The van der Waals surface area contributed by atoms with Crippen molar-refractivity contribution >= 4 is 10.9 Å². The highest BCUT2D eigenvalue weighted by Crippen LogP contribution is 2.26. The van der Waals surface area contributed by atoms with Crippen LogP contribution in [0.25, 0.3) is 10.9 Å². The number of para-hydroxylation sites is 1. The van der Waals surface area contributed by atoms with Crippen LogP contribution in [0.1, 0.15) is 31.0 Å². The van der Waals surface area contributed by atoms with E-state index >= 15 is 0 Å². The number of aliphatic hydroxyl groups excluding tert-OH is 1. The molecule has 0 aliphatic carbocycles. The van der Waals surface area contributed by atoms with Gasteiger partial charge in [-0.25, -0.2) is 0 Å². The van der Waals surface area contributed by atoms with Gasteiger partial charge in [0.25, 0.3) is 0 Å². The van der Waals surface area contributed by atoms with Gasteiger partial charge in [0.05, 0.1) is 17.8 Å². The average molecular weight is 350 g/mol. The fraction of sp³-hybridized carbons (Fsp3) is 0.429. The number of hydrogen-bond donors (Lipinski definition) is 1. The zero-order valence-corrected chi connectivity index (χ0v) is 15.4. The van der Waals surface area contributed by atoms with Gasteiger partial charge in [0.2, 0.25) is 0 Å². The number of rotatable bonds is 5. The van der Waals surface area contributed by atoms with E-state index in [4.69, 9.17) is 0 Å². The molecule has 5 heteroatoms. The third kappa shape index (κ3) is 3.50. The molecule has 0 radical (unpaired) electrons. The Labute approximate surface area is 154 Å². The summed E-state index contributed by atoms with van der Waals surface area (Å²) in [5.41, 5.74) is 3.51. The van der Waals surface area contributed by atoms with Gasteiger partial charge in [0, 0.05) is 54.9 Å². The second-order valence-electron chi connectivity index (χ2n) is 7.64. The van der Waals surface area contributed by atoms with Gasteiger partial charge in [0.1, 0.15) is 0 Å². The lowest BCUT2D eigenvalue weighted by Gasteiger charge is -2.15. The molecule has 2 atom stereocenters. The Morgan fingerprint density at radius 1 is 1.19 bits per heavy atom. The normalized spacial score (nSPS) is 21.1. The third-order valence-corrected chi connectivity index (χ3v) is 5.29. The molecule has 1 aliphatic heterocycles. The summed E-state index contributed by atoms with van der Waals surface area (Å²) in [4.78, 5) is 6.77. The Hall–Kier alpha value is -2.24. The molecule has 2 aromatic heterocycles. The molecule has 1 saturated heterocycles. The number of benzene rings is 1. The fourth-order valence-corrected chi connectivity index (χ4v) is 3.89. The Kier molecular flexibility index (Phi) is 4.74. The minimum atomic E-state index is -0.290. The summed E-state index contributed by atoms with van der Waals surface area (Å²) in [7, 11) is 0. The van der Waals surface area contributed by atoms with E-state index in [9.17, 15) is 5.11 Å². The lowest BCUT2D eigenvalue weighted by molar-refractivity contribution is 0.141. The van der Waals surface area contributed by atoms with Crippen LogP contribution >= 0.6 is 0 Å². The van der Waals surface area contributed by atoms with Crippen LogP contribution in [0.3, 0.4) is 0 Å². The monoisotopic (exact) mass is 350 g/mol. The van der Waals surface area contributed by atoms with Gasteiger partial charge in [-0.2, -0.15) is 5.10 Å². The highest BCUT2D eigenvalue weighted by atomic mass is 16.3. The molecule has 136 valence electrons. The van der Waals surface area contributed by atoms with Crippen molar-refractivity contribution in [1.82, 2.24) is 19.7 Å². The summed E-state index contributed by atoms with van der Waals surface area (Å²) in [6.45, 7) is 6.74. The largest absolute Gasteiger partial charge is 0.391 e. The van der Waals surface area contributed by atoms with Crippen LogP contribution in [0.4, 0.5) is 0 Å². The summed E-state index contributed by atoms with van der Waals surface area (Å²) >= 11 is 0. The minimum absolute atomic E-state index is 0.251. The van der Waals surface area contributed by atoms with Crippen molar-refractivity contribution in [3.05, 3.63) is 60.0 Å². The molecular formula is C21H26N4O. The number of nitrogens with zero attached hydrogens (tertiary/aromatic N) is 4. The molecule has 0 spiro atoms. The fourth-order valence-electron chi connectivity index (χ4n) is 3.89. The Balaban J connectivity index is 1.45. The van der Waals surface area contributed by atoms with E-state index in [-0.39, 0.29) is 12.0 Å². The SMILES string of the molecule is CC(C)n1cc(CN2C[C@@H](Cc3ccnc4ccccc34)[C@H](O)C2)cn1. The van der Waals surface area contributed by atoms with Gasteiger partial charge >= 0.3 is 0 Å².